The van der Waals surface area contributed by atoms with Gasteiger partial charge in [-0.15, -0.1) is 0 Å². The van der Waals surface area contributed by atoms with Crippen molar-refractivity contribution in [3.8, 4) is 22.6 Å². The first-order chi connectivity index (χ1) is 14.2. The van der Waals surface area contributed by atoms with E-state index in [1.807, 2.05) is 0 Å². The summed E-state index contributed by atoms with van der Waals surface area (Å²) in [5, 5.41) is 0. The molecule has 2 atom stereocenters. The maximum Gasteiger partial charge on any atom is 0.127 e. The predicted octanol–water partition coefficient (Wildman–Crippen LogP) is 7.19. The fourth-order valence-electron chi connectivity index (χ4n) is 3.46. The molecule has 8 heteroatoms. The van der Waals surface area contributed by atoms with Crippen LogP contribution in [0, 0.1) is 27.7 Å². The second kappa shape index (κ2) is 9.02. The van der Waals surface area contributed by atoms with E-state index in [9.17, 15) is 0 Å². The van der Waals surface area contributed by atoms with Crippen molar-refractivity contribution in [3.63, 3.8) is 0 Å². The summed E-state index contributed by atoms with van der Waals surface area (Å²) in [7, 11) is 0. The lowest BCUT2D eigenvalue weighted by Gasteiger charge is -2.23. The Balaban J connectivity index is 1.81. The molecule has 2 fully saturated rings. The highest BCUT2D eigenvalue weighted by molar-refractivity contribution is 9.11. The largest absolute Gasteiger partial charge is 0.490 e. The minimum absolute atomic E-state index is 0.211. The van der Waals surface area contributed by atoms with Gasteiger partial charge in [0.05, 0.1) is 13.2 Å². The highest BCUT2D eigenvalue weighted by Crippen LogP contribution is 2.52. The van der Waals surface area contributed by atoms with Gasteiger partial charge in [-0.05, 0) is 91.4 Å². The van der Waals surface area contributed by atoms with Crippen LogP contribution < -0.4 is 9.47 Å². The maximum absolute atomic E-state index is 6.09. The first-order valence-corrected chi connectivity index (χ1v) is 12.8. The molecule has 2 heterocycles. The van der Waals surface area contributed by atoms with Crippen molar-refractivity contribution in [3.05, 3.63) is 40.1 Å². The molecule has 0 spiro atoms. The molecule has 0 N–H and O–H groups in total. The van der Waals surface area contributed by atoms with Crippen molar-refractivity contribution >= 4 is 63.7 Å². The summed E-state index contributed by atoms with van der Waals surface area (Å²) in [5.41, 5.74) is 6.39. The highest BCUT2D eigenvalue weighted by Gasteiger charge is 2.29. The number of benzene rings is 2. The van der Waals surface area contributed by atoms with Crippen LogP contribution in [0.15, 0.2) is 17.9 Å². The predicted molar refractivity (Wildman–Crippen MR) is 132 cm³/mol. The Bertz CT molecular complexity index is 874. The van der Waals surface area contributed by atoms with E-state index < -0.39 is 0 Å². The Kier molecular flexibility index (Phi) is 6.93. The Labute approximate surface area is 210 Å². The van der Waals surface area contributed by atoms with Crippen molar-refractivity contribution in [1.29, 1.82) is 0 Å². The number of epoxide rings is 2. The van der Waals surface area contributed by atoms with Crippen molar-refractivity contribution < 1.29 is 18.9 Å². The lowest BCUT2D eigenvalue weighted by Crippen LogP contribution is -2.09. The van der Waals surface area contributed by atoms with Crippen LogP contribution in [0.5, 0.6) is 11.5 Å². The van der Waals surface area contributed by atoms with Crippen LogP contribution >= 0.6 is 63.7 Å². The molecule has 0 amide bonds. The minimum Gasteiger partial charge on any atom is -0.490 e. The second-order valence-corrected chi connectivity index (χ2v) is 10.9. The molecule has 4 rings (SSSR count). The zero-order valence-corrected chi connectivity index (χ0v) is 23.5. The maximum atomic E-state index is 6.09. The van der Waals surface area contributed by atoms with Gasteiger partial charge in [0, 0.05) is 51.3 Å². The summed E-state index contributed by atoms with van der Waals surface area (Å²) in [6.07, 6.45) is 0.423. The molecular formula is C22H22Br4O4. The van der Waals surface area contributed by atoms with Crippen LogP contribution in [0.3, 0.4) is 0 Å². The summed E-state index contributed by atoms with van der Waals surface area (Å²) in [5.74, 6) is 1.77. The smallest absolute Gasteiger partial charge is 0.127 e. The quantitative estimate of drug-likeness (QED) is 0.293. The lowest BCUT2D eigenvalue weighted by atomic mass is 9.96. The molecule has 2 aliphatic rings. The first kappa shape index (κ1) is 23.1. The monoisotopic (exact) mass is 666 g/mol. The van der Waals surface area contributed by atoms with Gasteiger partial charge in [-0.2, -0.15) is 0 Å². The topological polar surface area (TPSA) is 43.5 Å². The lowest BCUT2D eigenvalue weighted by molar-refractivity contribution is 0.260. The van der Waals surface area contributed by atoms with Crippen LogP contribution in [-0.2, 0) is 9.47 Å². The highest BCUT2D eigenvalue weighted by atomic mass is 79.9. The molecule has 0 bridgehead atoms. The number of hydrogen-bond donors (Lipinski definition) is 0. The van der Waals surface area contributed by atoms with E-state index in [0.717, 1.165) is 76.0 Å². The molecule has 30 heavy (non-hydrogen) atoms. The SMILES string of the molecule is Cc1c(Br)c(-c2c(Br)c(C)c(OCC3CO3)c(C)c2Br)c(Br)c(C)c1OCC1CO1. The van der Waals surface area contributed by atoms with Gasteiger partial charge < -0.3 is 18.9 Å². The molecule has 0 saturated carbocycles. The van der Waals surface area contributed by atoms with Crippen molar-refractivity contribution in [2.24, 2.45) is 0 Å². The van der Waals surface area contributed by atoms with Crippen LogP contribution in [-0.4, -0.2) is 38.6 Å². The van der Waals surface area contributed by atoms with Gasteiger partial charge in [0.25, 0.3) is 0 Å². The number of halogens is 4. The molecule has 4 nitrogen and oxygen atoms in total. The number of ether oxygens (including phenoxy) is 4. The van der Waals surface area contributed by atoms with E-state index in [2.05, 4.69) is 91.4 Å². The van der Waals surface area contributed by atoms with Crippen LogP contribution in [0.1, 0.15) is 22.3 Å². The van der Waals surface area contributed by atoms with Crippen LogP contribution in [0.25, 0.3) is 11.1 Å². The fraction of sp³-hybridized carbons (Fsp3) is 0.455. The van der Waals surface area contributed by atoms with Crippen LogP contribution in [0.4, 0.5) is 0 Å². The van der Waals surface area contributed by atoms with Crippen molar-refractivity contribution in [1.82, 2.24) is 0 Å². The van der Waals surface area contributed by atoms with Gasteiger partial charge in [-0.25, -0.2) is 0 Å². The Morgan fingerprint density at radius 3 is 1.13 bits per heavy atom. The van der Waals surface area contributed by atoms with E-state index in [1.165, 1.54) is 0 Å². The molecule has 2 aliphatic heterocycles. The van der Waals surface area contributed by atoms with Crippen molar-refractivity contribution in [2.45, 2.75) is 39.9 Å². The zero-order chi connectivity index (χ0) is 21.7. The van der Waals surface area contributed by atoms with Gasteiger partial charge in [-0.1, -0.05) is 0 Å². The summed E-state index contributed by atoms with van der Waals surface area (Å²) >= 11 is 15.4. The molecule has 2 unspecified atom stereocenters. The van der Waals surface area contributed by atoms with Crippen molar-refractivity contribution in [2.75, 3.05) is 26.4 Å². The zero-order valence-electron chi connectivity index (χ0n) is 17.1. The fourth-order valence-corrected chi connectivity index (χ4v) is 6.30. The molecule has 162 valence electrons. The standard InChI is InChI=1S/C22H22Br4O4/c1-9-17(23)15(18(24)10(2)21(9)29-7-13-5-27-13)16-19(25)11(3)22(12(4)20(16)26)30-8-14-6-28-14/h13-14H,5-8H2,1-4H3. The van der Waals surface area contributed by atoms with Gasteiger partial charge in [0.15, 0.2) is 0 Å². The molecular weight excluding hydrogens is 648 g/mol. The van der Waals surface area contributed by atoms with Gasteiger partial charge >= 0.3 is 0 Å². The van der Waals surface area contributed by atoms with E-state index in [-0.39, 0.29) is 12.2 Å². The number of hydrogen-bond acceptors (Lipinski definition) is 4. The Hall–Kier alpha value is -0.120. The average Bonchev–Trinajstić information content (AvgIpc) is 3.62. The third-order valence-electron chi connectivity index (χ3n) is 5.44. The Morgan fingerprint density at radius 1 is 0.633 bits per heavy atom. The molecule has 2 aromatic carbocycles. The van der Waals surface area contributed by atoms with Gasteiger partial charge in [0.1, 0.15) is 36.9 Å². The minimum atomic E-state index is 0.211. The second-order valence-electron chi connectivity index (χ2n) is 7.70. The molecule has 0 aliphatic carbocycles. The average molecular weight is 670 g/mol. The van der Waals surface area contributed by atoms with E-state index in [4.69, 9.17) is 18.9 Å². The Morgan fingerprint density at radius 2 is 0.900 bits per heavy atom. The molecule has 0 aromatic heterocycles. The summed E-state index contributed by atoms with van der Waals surface area (Å²) in [6.45, 7) is 11.0. The van der Waals surface area contributed by atoms with E-state index in [1.54, 1.807) is 0 Å². The summed E-state index contributed by atoms with van der Waals surface area (Å²) in [4.78, 5) is 0. The number of rotatable bonds is 7. The summed E-state index contributed by atoms with van der Waals surface area (Å²) < 4.78 is 26.7. The third kappa shape index (κ3) is 4.37. The van der Waals surface area contributed by atoms with Crippen LogP contribution in [0.2, 0.25) is 0 Å². The molecule has 0 radical (unpaired) electrons. The molecule has 2 aromatic rings. The van der Waals surface area contributed by atoms with Gasteiger partial charge in [-0.3, -0.25) is 0 Å². The first-order valence-electron chi connectivity index (χ1n) is 9.67. The summed E-state index contributed by atoms with van der Waals surface area (Å²) in [6, 6.07) is 0. The van der Waals surface area contributed by atoms with Gasteiger partial charge in [0.2, 0.25) is 0 Å². The third-order valence-corrected chi connectivity index (χ3v) is 9.40. The molecule has 2 saturated heterocycles. The van der Waals surface area contributed by atoms with E-state index in [0.29, 0.717) is 13.2 Å². The normalized spacial score (nSPS) is 19.7. The van der Waals surface area contributed by atoms with E-state index >= 15 is 0 Å².